The predicted octanol–water partition coefficient (Wildman–Crippen LogP) is 2.60. The lowest BCUT2D eigenvalue weighted by molar-refractivity contribution is -0.136. The molecule has 0 spiro atoms. The summed E-state index contributed by atoms with van der Waals surface area (Å²) in [5.74, 6) is 2.66. The molecule has 1 N–H and O–H groups in total. The first-order chi connectivity index (χ1) is 9.19. The predicted molar refractivity (Wildman–Crippen MR) is 75.3 cm³/mol. The highest BCUT2D eigenvalue weighted by atomic mass is 32.2. The van der Waals surface area contributed by atoms with Crippen LogP contribution in [0.15, 0.2) is 18.2 Å². The fourth-order valence-corrected chi connectivity index (χ4v) is 3.11. The topological polar surface area (TPSA) is 55.8 Å². The standard InChI is InChI=1S/C14H18O4S/c1-17-13-7-10(8-14(15)16)4-5-12(13)18-11-3-2-6-19-9-11/h4-5,7,11H,2-3,6,8-9H2,1H3,(H,15,16). The van der Waals surface area contributed by atoms with Crippen molar-refractivity contribution in [2.45, 2.75) is 25.4 Å². The van der Waals surface area contributed by atoms with E-state index in [1.54, 1.807) is 25.3 Å². The molecule has 0 saturated carbocycles. The molecule has 5 heteroatoms. The van der Waals surface area contributed by atoms with Crippen LogP contribution >= 0.6 is 11.8 Å². The molecule has 4 nitrogen and oxygen atoms in total. The third-order valence-electron chi connectivity index (χ3n) is 3.00. The first kappa shape index (κ1) is 14.1. The van der Waals surface area contributed by atoms with Crippen molar-refractivity contribution in [3.63, 3.8) is 0 Å². The smallest absolute Gasteiger partial charge is 0.307 e. The van der Waals surface area contributed by atoms with E-state index in [4.69, 9.17) is 14.6 Å². The van der Waals surface area contributed by atoms with Crippen LogP contribution in [0.3, 0.4) is 0 Å². The van der Waals surface area contributed by atoms with Crippen LogP contribution < -0.4 is 9.47 Å². The maximum absolute atomic E-state index is 10.7. The molecule has 104 valence electrons. The first-order valence-corrected chi connectivity index (χ1v) is 7.47. The number of rotatable bonds is 5. The monoisotopic (exact) mass is 282 g/mol. The molecule has 0 aliphatic carbocycles. The zero-order chi connectivity index (χ0) is 13.7. The summed E-state index contributed by atoms with van der Waals surface area (Å²) in [4.78, 5) is 10.7. The van der Waals surface area contributed by atoms with E-state index in [1.807, 2.05) is 11.8 Å². The second kappa shape index (κ2) is 6.70. The van der Waals surface area contributed by atoms with Crippen molar-refractivity contribution in [2.75, 3.05) is 18.6 Å². The Hall–Kier alpha value is -1.36. The van der Waals surface area contributed by atoms with Gasteiger partial charge in [-0.05, 0) is 36.3 Å². The molecule has 1 aliphatic heterocycles. The lowest BCUT2D eigenvalue weighted by atomic mass is 10.1. The summed E-state index contributed by atoms with van der Waals surface area (Å²) in [6, 6.07) is 5.32. The van der Waals surface area contributed by atoms with Crippen LogP contribution in [0, 0.1) is 0 Å². The summed E-state index contributed by atoms with van der Waals surface area (Å²) in [6.07, 6.45) is 2.45. The van der Waals surface area contributed by atoms with E-state index in [-0.39, 0.29) is 12.5 Å². The minimum atomic E-state index is -0.848. The van der Waals surface area contributed by atoms with E-state index < -0.39 is 5.97 Å². The lowest BCUT2D eigenvalue weighted by Gasteiger charge is -2.23. The fourth-order valence-electron chi connectivity index (χ4n) is 2.08. The number of benzene rings is 1. The Morgan fingerprint density at radius 3 is 2.95 bits per heavy atom. The fraction of sp³-hybridized carbons (Fsp3) is 0.500. The van der Waals surface area contributed by atoms with Crippen molar-refractivity contribution < 1.29 is 19.4 Å². The highest BCUT2D eigenvalue weighted by Gasteiger charge is 2.17. The highest BCUT2D eigenvalue weighted by Crippen LogP contribution is 2.31. The Labute approximate surface area is 117 Å². The van der Waals surface area contributed by atoms with Crippen molar-refractivity contribution in [2.24, 2.45) is 0 Å². The SMILES string of the molecule is COc1cc(CC(=O)O)ccc1OC1CCCSC1. The maximum Gasteiger partial charge on any atom is 0.307 e. The Balaban J connectivity index is 2.08. The quantitative estimate of drug-likeness (QED) is 0.899. The molecule has 1 saturated heterocycles. The summed E-state index contributed by atoms with van der Waals surface area (Å²) in [6.45, 7) is 0. The molecule has 1 aromatic rings. The van der Waals surface area contributed by atoms with Gasteiger partial charge in [-0.15, -0.1) is 0 Å². The van der Waals surface area contributed by atoms with Gasteiger partial charge in [0.15, 0.2) is 11.5 Å². The lowest BCUT2D eigenvalue weighted by Crippen LogP contribution is -2.23. The number of hydrogen-bond donors (Lipinski definition) is 1. The maximum atomic E-state index is 10.7. The zero-order valence-electron chi connectivity index (χ0n) is 10.9. The van der Waals surface area contributed by atoms with Crippen LogP contribution in [0.4, 0.5) is 0 Å². The molecule has 1 aromatic carbocycles. The van der Waals surface area contributed by atoms with Crippen LogP contribution in [0.1, 0.15) is 18.4 Å². The van der Waals surface area contributed by atoms with Crippen molar-refractivity contribution >= 4 is 17.7 Å². The molecule has 0 bridgehead atoms. The van der Waals surface area contributed by atoms with Crippen LogP contribution in [0.2, 0.25) is 0 Å². The van der Waals surface area contributed by atoms with Gasteiger partial charge in [0.2, 0.25) is 0 Å². The second-order valence-corrected chi connectivity index (χ2v) is 5.66. The number of aliphatic carboxylic acids is 1. The van der Waals surface area contributed by atoms with Crippen molar-refractivity contribution in [1.29, 1.82) is 0 Å². The van der Waals surface area contributed by atoms with Gasteiger partial charge < -0.3 is 14.6 Å². The van der Waals surface area contributed by atoms with E-state index in [1.165, 1.54) is 12.2 Å². The molecule has 19 heavy (non-hydrogen) atoms. The average molecular weight is 282 g/mol. The van der Waals surface area contributed by atoms with Crippen LogP contribution in [0.5, 0.6) is 11.5 Å². The molecule has 1 heterocycles. The number of methoxy groups -OCH3 is 1. The van der Waals surface area contributed by atoms with Gasteiger partial charge in [-0.2, -0.15) is 11.8 Å². The van der Waals surface area contributed by atoms with Gasteiger partial charge in [0.25, 0.3) is 0 Å². The van der Waals surface area contributed by atoms with Gasteiger partial charge in [0, 0.05) is 5.75 Å². The van der Waals surface area contributed by atoms with Gasteiger partial charge in [0.05, 0.1) is 13.5 Å². The normalized spacial score (nSPS) is 18.9. The molecule has 0 aromatic heterocycles. The number of hydrogen-bond acceptors (Lipinski definition) is 4. The van der Waals surface area contributed by atoms with Crippen molar-refractivity contribution in [3.8, 4) is 11.5 Å². The molecular formula is C14H18O4S. The highest BCUT2D eigenvalue weighted by molar-refractivity contribution is 7.99. The third kappa shape index (κ3) is 4.06. The number of ether oxygens (including phenoxy) is 2. The third-order valence-corrected chi connectivity index (χ3v) is 4.18. The molecule has 1 aliphatic rings. The first-order valence-electron chi connectivity index (χ1n) is 6.32. The molecule has 2 rings (SSSR count). The summed E-state index contributed by atoms with van der Waals surface area (Å²) >= 11 is 1.90. The van der Waals surface area contributed by atoms with Crippen molar-refractivity contribution in [1.82, 2.24) is 0 Å². The van der Waals surface area contributed by atoms with E-state index in [9.17, 15) is 4.79 Å². The van der Waals surface area contributed by atoms with Gasteiger partial charge in [-0.1, -0.05) is 6.07 Å². The Bertz CT molecular complexity index is 441. The van der Waals surface area contributed by atoms with Crippen LogP contribution in [-0.2, 0) is 11.2 Å². The molecular weight excluding hydrogens is 264 g/mol. The molecule has 0 radical (unpaired) electrons. The van der Waals surface area contributed by atoms with E-state index >= 15 is 0 Å². The zero-order valence-corrected chi connectivity index (χ0v) is 11.7. The van der Waals surface area contributed by atoms with Crippen molar-refractivity contribution in [3.05, 3.63) is 23.8 Å². The van der Waals surface area contributed by atoms with Gasteiger partial charge in [0.1, 0.15) is 6.10 Å². The largest absolute Gasteiger partial charge is 0.493 e. The minimum Gasteiger partial charge on any atom is -0.493 e. The summed E-state index contributed by atoms with van der Waals surface area (Å²) < 4.78 is 11.2. The van der Waals surface area contributed by atoms with Gasteiger partial charge in [-0.25, -0.2) is 0 Å². The molecule has 0 amide bonds. The average Bonchev–Trinajstić information content (AvgIpc) is 2.41. The molecule has 1 atom stereocenters. The van der Waals surface area contributed by atoms with E-state index in [2.05, 4.69) is 0 Å². The Morgan fingerprint density at radius 2 is 2.32 bits per heavy atom. The van der Waals surface area contributed by atoms with Gasteiger partial charge >= 0.3 is 5.97 Å². The molecule has 1 unspecified atom stereocenters. The summed E-state index contributed by atoms with van der Waals surface area (Å²) in [5.41, 5.74) is 0.717. The molecule has 1 fully saturated rings. The van der Waals surface area contributed by atoms with E-state index in [0.29, 0.717) is 11.5 Å². The number of carboxylic acids is 1. The van der Waals surface area contributed by atoms with Gasteiger partial charge in [-0.3, -0.25) is 4.79 Å². The number of carboxylic acid groups (broad SMARTS) is 1. The Morgan fingerprint density at radius 1 is 1.47 bits per heavy atom. The summed E-state index contributed by atoms with van der Waals surface area (Å²) in [5, 5.41) is 8.79. The van der Waals surface area contributed by atoms with Crippen LogP contribution in [-0.4, -0.2) is 35.8 Å². The number of thioether (sulfide) groups is 1. The van der Waals surface area contributed by atoms with Crippen LogP contribution in [0.25, 0.3) is 0 Å². The number of carbonyl (C=O) groups is 1. The summed E-state index contributed by atoms with van der Waals surface area (Å²) in [7, 11) is 1.57. The Kier molecular flexibility index (Phi) is 4.96. The van der Waals surface area contributed by atoms with E-state index in [0.717, 1.165) is 17.7 Å². The second-order valence-electron chi connectivity index (χ2n) is 4.51. The minimum absolute atomic E-state index is 0.00405.